The quantitative estimate of drug-likeness (QED) is 0.525. The maximum Gasteiger partial charge on any atom is 0.321 e. The lowest BCUT2D eigenvalue weighted by Gasteiger charge is -2.11. The summed E-state index contributed by atoms with van der Waals surface area (Å²) >= 11 is 3.84. The zero-order chi connectivity index (χ0) is 12.8. The lowest BCUT2D eigenvalue weighted by atomic mass is 10.1. The molecule has 17 heavy (non-hydrogen) atoms. The minimum Gasteiger partial charge on any atom is -0.480 e. The van der Waals surface area contributed by atoms with E-state index >= 15 is 0 Å². The van der Waals surface area contributed by atoms with Crippen LogP contribution in [0.3, 0.4) is 0 Å². The number of ketones is 1. The van der Waals surface area contributed by atoms with Crippen molar-refractivity contribution in [1.82, 2.24) is 5.32 Å². The standard InChI is InChI=1S/C11H12FNO3S/c12-8-4-2-1-3-7(8)10(14)5-13-9(6-17)11(15)16/h1-4,9,13,17H,5-6H2,(H,15,16)/t9-/m1/s1. The normalized spacial score (nSPS) is 12.1. The Morgan fingerprint density at radius 1 is 1.41 bits per heavy atom. The van der Waals surface area contributed by atoms with Gasteiger partial charge in [0.2, 0.25) is 0 Å². The molecule has 0 aliphatic heterocycles. The highest BCUT2D eigenvalue weighted by Crippen LogP contribution is 2.06. The predicted molar refractivity (Wildman–Crippen MR) is 64.0 cm³/mol. The van der Waals surface area contributed by atoms with Gasteiger partial charge in [0.05, 0.1) is 12.1 Å². The number of halogens is 1. The van der Waals surface area contributed by atoms with Gasteiger partial charge >= 0.3 is 5.97 Å². The summed E-state index contributed by atoms with van der Waals surface area (Å²) in [6.07, 6.45) is 0. The Kier molecular flexibility index (Phi) is 5.11. The first-order chi connectivity index (χ1) is 8.06. The summed E-state index contributed by atoms with van der Waals surface area (Å²) in [7, 11) is 0. The van der Waals surface area contributed by atoms with Gasteiger partial charge in [-0.3, -0.25) is 14.9 Å². The fourth-order valence-electron chi connectivity index (χ4n) is 1.23. The smallest absolute Gasteiger partial charge is 0.321 e. The van der Waals surface area contributed by atoms with Crippen LogP contribution >= 0.6 is 12.6 Å². The van der Waals surface area contributed by atoms with E-state index in [2.05, 4.69) is 17.9 Å². The lowest BCUT2D eigenvalue weighted by Crippen LogP contribution is -2.41. The summed E-state index contributed by atoms with van der Waals surface area (Å²) in [5.41, 5.74) is -0.0525. The molecule has 2 N–H and O–H groups in total. The first-order valence-electron chi connectivity index (χ1n) is 4.91. The third-order valence-corrected chi connectivity index (χ3v) is 2.53. The molecule has 6 heteroatoms. The Balaban J connectivity index is 2.62. The molecule has 1 aromatic carbocycles. The van der Waals surface area contributed by atoms with Gasteiger partial charge in [-0.2, -0.15) is 12.6 Å². The van der Waals surface area contributed by atoms with E-state index in [0.29, 0.717) is 0 Å². The molecular weight excluding hydrogens is 245 g/mol. The molecular formula is C11H12FNO3S. The predicted octanol–water partition coefficient (Wildman–Crippen LogP) is 0.981. The zero-order valence-electron chi connectivity index (χ0n) is 8.89. The number of nitrogens with one attached hydrogen (secondary N) is 1. The molecule has 0 radical (unpaired) electrons. The molecule has 0 aliphatic rings. The van der Waals surface area contributed by atoms with Gasteiger partial charge in [0, 0.05) is 5.75 Å². The number of aliphatic carboxylic acids is 1. The van der Waals surface area contributed by atoms with Crippen molar-refractivity contribution in [3.8, 4) is 0 Å². The van der Waals surface area contributed by atoms with Gasteiger partial charge in [0.1, 0.15) is 11.9 Å². The van der Waals surface area contributed by atoms with Crippen molar-refractivity contribution < 1.29 is 19.1 Å². The van der Waals surface area contributed by atoms with E-state index in [1.807, 2.05) is 0 Å². The van der Waals surface area contributed by atoms with Crippen LogP contribution < -0.4 is 5.32 Å². The highest BCUT2D eigenvalue weighted by atomic mass is 32.1. The molecule has 0 amide bonds. The zero-order valence-corrected chi connectivity index (χ0v) is 9.78. The number of rotatable bonds is 6. The van der Waals surface area contributed by atoms with Crippen LogP contribution in [0, 0.1) is 5.82 Å². The number of Topliss-reactive ketones (excluding diaryl/α,β-unsaturated/α-hetero) is 1. The van der Waals surface area contributed by atoms with Crippen LogP contribution in [0.5, 0.6) is 0 Å². The number of thiol groups is 1. The largest absolute Gasteiger partial charge is 0.480 e. The molecule has 0 fully saturated rings. The van der Waals surface area contributed by atoms with Crippen molar-refractivity contribution in [3.05, 3.63) is 35.6 Å². The Morgan fingerprint density at radius 3 is 2.59 bits per heavy atom. The Hall–Kier alpha value is -1.40. The summed E-state index contributed by atoms with van der Waals surface area (Å²) in [4.78, 5) is 22.2. The number of hydrogen-bond acceptors (Lipinski definition) is 4. The Bertz CT molecular complexity index is 425. The van der Waals surface area contributed by atoms with E-state index in [9.17, 15) is 14.0 Å². The molecule has 0 bridgehead atoms. The highest BCUT2D eigenvalue weighted by Gasteiger charge is 2.17. The molecule has 0 unspecified atom stereocenters. The average Bonchev–Trinajstić information content (AvgIpc) is 2.29. The highest BCUT2D eigenvalue weighted by molar-refractivity contribution is 7.80. The van der Waals surface area contributed by atoms with Gasteiger partial charge < -0.3 is 5.11 Å². The third-order valence-electron chi connectivity index (χ3n) is 2.16. The number of carboxylic acid groups (broad SMARTS) is 1. The third kappa shape index (κ3) is 3.83. The van der Waals surface area contributed by atoms with E-state index in [4.69, 9.17) is 5.11 Å². The lowest BCUT2D eigenvalue weighted by molar-refractivity contribution is -0.138. The molecule has 0 spiro atoms. The molecule has 1 aromatic rings. The summed E-state index contributed by atoms with van der Waals surface area (Å²) in [6, 6.07) is 4.64. The van der Waals surface area contributed by atoms with E-state index < -0.39 is 23.6 Å². The maximum absolute atomic E-state index is 13.2. The van der Waals surface area contributed by atoms with Crippen molar-refractivity contribution in [2.45, 2.75) is 6.04 Å². The Labute approximate surface area is 103 Å². The van der Waals surface area contributed by atoms with E-state index in [-0.39, 0.29) is 17.9 Å². The second-order valence-electron chi connectivity index (χ2n) is 3.36. The van der Waals surface area contributed by atoms with Crippen LogP contribution in [0.25, 0.3) is 0 Å². The van der Waals surface area contributed by atoms with E-state index in [1.54, 1.807) is 6.07 Å². The number of carboxylic acids is 1. The Morgan fingerprint density at radius 2 is 2.06 bits per heavy atom. The van der Waals surface area contributed by atoms with Crippen molar-refractivity contribution in [2.24, 2.45) is 0 Å². The van der Waals surface area contributed by atoms with Crippen LogP contribution in [-0.4, -0.2) is 35.2 Å². The summed E-state index contributed by atoms with van der Waals surface area (Å²) in [5.74, 6) is -2.14. The van der Waals surface area contributed by atoms with Gasteiger partial charge in [-0.25, -0.2) is 4.39 Å². The molecule has 0 saturated heterocycles. The van der Waals surface area contributed by atoms with Gasteiger partial charge in [0.25, 0.3) is 0 Å². The molecule has 0 aliphatic carbocycles. The topological polar surface area (TPSA) is 66.4 Å². The summed E-state index contributed by atoms with van der Waals surface area (Å²) < 4.78 is 13.2. The van der Waals surface area contributed by atoms with Crippen molar-refractivity contribution in [3.63, 3.8) is 0 Å². The average molecular weight is 257 g/mol. The van der Waals surface area contributed by atoms with Gasteiger partial charge in [0.15, 0.2) is 5.78 Å². The van der Waals surface area contributed by atoms with Crippen LogP contribution in [0.1, 0.15) is 10.4 Å². The SMILES string of the molecule is O=C(CN[C@H](CS)C(=O)O)c1ccccc1F. The molecule has 1 atom stereocenters. The number of hydrogen-bond donors (Lipinski definition) is 3. The molecule has 0 saturated carbocycles. The van der Waals surface area contributed by atoms with Crippen molar-refractivity contribution in [2.75, 3.05) is 12.3 Å². The molecule has 4 nitrogen and oxygen atoms in total. The van der Waals surface area contributed by atoms with Crippen LogP contribution in [0.15, 0.2) is 24.3 Å². The number of carbonyl (C=O) groups excluding carboxylic acids is 1. The van der Waals surface area contributed by atoms with E-state index in [0.717, 1.165) is 0 Å². The first kappa shape index (κ1) is 13.7. The minimum atomic E-state index is -1.10. The fourth-order valence-corrected chi connectivity index (χ4v) is 1.51. The molecule has 1 rings (SSSR count). The van der Waals surface area contributed by atoms with Crippen LogP contribution in [-0.2, 0) is 4.79 Å². The van der Waals surface area contributed by atoms with Crippen LogP contribution in [0.4, 0.5) is 4.39 Å². The van der Waals surface area contributed by atoms with Crippen molar-refractivity contribution >= 4 is 24.4 Å². The van der Waals surface area contributed by atoms with E-state index in [1.165, 1.54) is 18.2 Å². The molecule has 92 valence electrons. The second-order valence-corrected chi connectivity index (χ2v) is 3.72. The van der Waals surface area contributed by atoms with Crippen LogP contribution in [0.2, 0.25) is 0 Å². The first-order valence-corrected chi connectivity index (χ1v) is 5.54. The van der Waals surface area contributed by atoms with Gasteiger partial charge in [-0.15, -0.1) is 0 Å². The molecule has 0 heterocycles. The monoisotopic (exact) mass is 257 g/mol. The number of carbonyl (C=O) groups is 2. The van der Waals surface area contributed by atoms with Gasteiger partial charge in [-0.05, 0) is 12.1 Å². The van der Waals surface area contributed by atoms with Gasteiger partial charge in [-0.1, -0.05) is 12.1 Å². The number of benzene rings is 1. The fraction of sp³-hybridized carbons (Fsp3) is 0.273. The summed E-state index contributed by atoms with van der Waals surface area (Å²) in [6.45, 7) is -0.238. The maximum atomic E-state index is 13.2. The minimum absolute atomic E-state index is 0.0525. The van der Waals surface area contributed by atoms with Crippen molar-refractivity contribution in [1.29, 1.82) is 0 Å². The molecule has 0 aromatic heterocycles. The summed E-state index contributed by atoms with van der Waals surface area (Å²) in [5, 5.41) is 11.2. The second kappa shape index (κ2) is 6.36.